The summed E-state index contributed by atoms with van der Waals surface area (Å²) in [5.74, 6) is -3.12. The third kappa shape index (κ3) is 3.51. The van der Waals surface area contributed by atoms with E-state index in [1.165, 1.54) is 6.20 Å². The molecule has 4 aromatic rings. The Morgan fingerprint density at radius 1 is 0.926 bits per heavy atom. The zero-order valence-corrected chi connectivity index (χ0v) is 14.2. The molecule has 0 aliphatic carbocycles. The molecule has 2 heterocycles. The molecule has 0 unspecified atom stereocenters. The molecule has 27 heavy (non-hydrogen) atoms. The monoisotopic (exact) mass is 368 g/mol. The lowest BCUT2D eigenvalue weighted by atomic mass is 10.1. The zero-order valence-electron chi connectivity index (χ0n) is 14.2. The molecule has 3 nitrogen and oxygen atoms in total. The van der Waals surface area contributed by atoms with Crippen LogP contribution in [-0.4, -0.2) is 16.6 Å². The van der Waals surface area contributed by atoms with Gasteiger partial charge in [-0.15, -0.1) is 0 Å². The number of fused-ring (bicyclic) bond motifs is 1. The van der Waals surface area contributed by atoms with Gasteiger partial charge in [0.15, 0.2) is 17.5 Å². The molecule has 4 rings (SSSR count). The zero-order chi connectivity index (χ0) is 18.8. The molecular formula is C21H15F3N2O. The first-order valence-electron chi connectivity index (χ1n) is 8.40. The van der Waals surface area contributed by atoms with E-state index >= 15 is 0 Å². The lowest BCUT2D eigenvalue weighted by Crippen LogP contribution is -2.03. The van der Waals surface area contributed by atoms with Crippen LogP contribution in [0.2, 0.25) is 0 Å². The fourth-order valence-corrected chi connectivity index (χ4v) is 2.91. The van der Waals surface area contributed by atoms with Crippen molar-refractivity contribution in [2.24, 2.45) is 0 Å². The molecule has 0 bridgehead atoms. The van der Waals surface area contributed by atoms with E-state index in [9.17, 15) is 13.2 Å². The Morgan fingerprint density at radius 2 is 1.74 bits per heavy atom. The maximum Gasteiger partial charge on any atom is 0.194 e. The van der Waals surface area contributed by atoms with Gasteiger partial charge in [0.25, 0.3) is 0 Å². The van der Waals surface area contributed by atoms with Crippen molar-refractivity contribution in [2.45, 2.75) is 6.42 Å². The van der Waals surface area contributed by atoms with Crippen molar-refractivity contribution >= 4 is 10.9 Å². The Kier molecular flexibility index (Phi) is 4.54. The third-order valence-corrected chi connectivity index (χ3v) is 4.31. The highest BCUT2D eigenvalue weighted by molar-refractivity contribution is 5.85. The first-order valence-corrected chi connectivity index (χ1v) is 8.40. The number of nitrogens with one attached hydrogen (secondary N) is 1. The van der Waals surface area contributed by atoms with Crippen LogP contribution >= 0.6 is 0 Å². The molecule has 0 aliphatic heterocycles. The summed E-state index contributed by atoms with van der Waals surface area (Å²) >= 11 is 0. The summed E-state index contributed by atoms with van der Waals surface area (Å²) < 4.78 is 45.6. The van der Waals surface area contributed by atoms with Crippen LogP contribution in [-0.2, 0) is 6.42 Å². The van der Waals surface area contributed by atoms with E-state index in [1.54, 1.807) is 12.1 Å². The smallest absolute Gasteiger partial charge is 0.194 e. The summed E-state index contributed by atoms with van der Waals surface area (Å²) in [5.41, 5.74) is 2.53. The molecular weight excluding hydrogens is 353 g/mol. The van der Waals surface area contributed by atoms with E-state index in [0.29, 0.717) is 18.6 Å². The first-order chi connectivity index (χ1) is 13.1. The minimum atomic E-state index is -1.47. The van der Waals surface area contributed by atoms with Gasteiger partial charge in [-0.05, 0) is 42.0 Å². The highest BCUT2D eigenvalue weighted by Crippen LogP contribution is 2.25. The minimum absolute atomic E-state index is 0.237. The van der Waals surface area contributed by atoms with Crippen LogP contribution in [0.15, 0.2) is 60.9 Å². The Hall–Kier alpha value is -3.28. The fourth-order valence-electron chi connectivity index (χ4n) is 2.91. The quantitative estimate of drug-likeness (QED) is 0.488. The average Bonchev–Trinajstić information content (AvgIpc) is 3.16. The van der Waals surface area contributed by atoms with Crippen molar-refractivity contribution in [1.82, 2.24) is 9.97 Å². The molecule has 6 heteroatoms. The molecule has 2 aromatic carbocycles. The number of ether oxygens (including phenoxy) is 1. The van der Waals surface area contributed by atoms with Gasteiger partial charge in [0, 0.05) is 41.0 Å². The van der Waals surface area contributed by atoms with Gasteiger partial charge in [-0.2, -0.15) is 0 Å². The van der Waals surface area contributed by atoms with Gasteiger partial charge in [0.05, 0.1) is 6.61 Å². The van der Waals surface area contributed by atoms with E-state index in [4.69, 9.17) is 4.74 Å². The predicted octanol–water partition coefficient (Wildman–Crippen LogP) is 5.27. The van der Waals surface area contributed by atoms with Gasteiger partial charge in [0.2, 0.25) is 0 Å². The number of hydrogen-bond donors (Lipinski definition) is 1. The summed E-state index contributed by atoms with van der Waals surface area (Å²) in [6, 6.07) is 13.1. The Morgan fingerprint density at radius 3 is 2.48 bits per heavy atom. The summed E-state index contributed by atoms with van der Waals surface area (Å²) in [6.45, 7) is 0.441. The third-order valence-electron chi connectivity index (χ3n) is 4.31. The molecule has 0 amide bonds. The van der Waals surface area contributed by atoms with Gasteiger partial charge in [-0.1, -0.05) is 12.1 Å². The predicted molar refractivity (Wildman–Crippen MR) is 97.0 cm³/mol. The molecule has 2 aromatic heterocycles. The summed E-state index contributed by atoms with van der Waals surface area (Å²) in [6.07, 6.45) is 3.94. The lowest BCUT2D eigenvalue weighted by Gasteiger charge is -2.08. The topological polar surface area (TPSA) is 37.9 Å². The Labute approximate surface area is 153 Å². The molecule has 0 saturated carbocycles. The normalized spacial score (nSPS) is 11.1. The second kappa shape index (κ2) is 7.15. The van der Waals surface area contributed by atoms with Crippen molar-refractivity contribution < 1.29 is 17.9 Å². The van der Waals surface area contributed by atoms with Crippen molar-refractivity contribution in [3.63, 3.8) is 0 Å². The second-order valence-electron chi connectivity index (χ2n) is 6.09. The fraction of sp³-hybridized carbons (Fsp3) is 0.0952. The number of rotatable bonds is 5. The van der Waals surface area contributed by atoms with Gasteiger partial charge in [0.1, 0.15) is 5.75 Å². The summed E-state index contributed by atoms with van der Waals surface area (Å²) in [4.78, 5) is 7.43. The number of aromatic nitrogens is 2. The van der Waals surface area contributed by atoms with Crippen LogP contribution in [0.25, 0.3) is 22.0 Å². The molecule has 0 aliphatic rings. The molecule has 0 atom stereocenters. The molecule has 0 fully saturated rings. The van der Waals surface area contributed by atoms with Crippen LogP contribution in [0.3, 0.4) is 0 Å². The minimum Gasteiger partial charge on any atom is -0.492 e. The van der Waals surface area contributed by atoms with Crippen LogP contribution in [0.1, 0.15) is 5.69 Å². The maximum atomic E-state index is 13.4. The van der Waals surface area contributed by atoms with E-state index in [-0.39, 0.29) is 5.56 Å². The van der Waals surface area contributed by atoms with Crippen molar-refractivity contribution in [3.05, 3.63) is 84.1 Å². The largest absolute Gasteiger partial charge is 0.492 e. The summed E-state index contributed by atoms with van der Waals surface area (Å²) in [5, 5.41) is 1.01. The van der Waals surface area contributed by atoms with Crippen LogP contribution in [0, 0.1) is 17.5 Å². The maximum absolute atomic E-state index is 13.4. The number of aromatic amines is 1. The van der Waals surface area contributed by atoms with E-state index in [1.807, 2.05) is 30.5 Å². The second-order valence-corrected chi connectivity index (χ2v) is 6.09. The molecule has 0 spiro atoms. The lowest BCUT2D eigenvalue weighted by molar-refractivity contribution is 0.324. The molecule has 0 saturated heterocycles. The Balaban J connectivity index is 1.43. The van der Waals surface area contributed by atoms with Crippen LogP contribution in [0.5, 0.6) is 5.75 Å². The highest BCUT2D eigenvalue weighted by Gasteiger charge is 2.12. The number of pyridine rings is 1. The average molecular weight is 368 g/mol. The number of H-pyrrole nitrogens is 1. The number of hydrogen-bond acceptors (Lipinski definition) is 2. The van der Waals surface area contributed by atoms with Gasteiger partial charge in [-0.25, -0.2) is 13.2 Å². The van der Waals surface area contributed by atoms with Crippen LogP contribution in [0.4, 0.5) is 13.2 Å². The SMILES string of the molecule is Fc1cc(-c2ccc(CCOc3cccc4[nH]ccc34)nc2)cc(F)c1F. The van der Waals surface area contributed by atoms with Crippen molar-refractivity contribution in [1.29, 1.82) is 0 Å². The number of halogens is 3. The number of benzene rings is 2. The Bertz CT molecular complexity index is 1070. The highest BCUT2D eigenvalue weighted by atomic mass is 19.2. The van der Waals surface area contributed by atoms with Gasteiger partial charge in [-0.3, -0.25) is 4.98 Å². The summed E-state index contributed by atoms with van der Waals surface area (Å²) in [7, 11) is 0. The van der Waals surface area contributed by atoms with Gasteiger partial charge < -0.3 is 9.72 Å². The van der Waals surface area contributed by atoms with E-state index < -0.39 is 17.5 Å². The molecule has 136 valence electrons. The van der Waals surface area contributed by atoms with Gasteiger partial charge >= 0.3 is 0 Å². The van der Waals surface area contributed by atoms with Crippen LogP contribution < -0.4 is 4.74 Å². The standard InChI is InChI=1S/C21H15F3N2O/c22-17-10-14(11-18(23)21(17)24)13-4-5-15(26-12-13)7-9-27-20-3-1-2-19-16(20)6-8-25-19/h1-6,8,10-12,25H,7,9H2. The number of nitrogens with zero attached hydrogens (tertiary/aromatic N) is 1. The van der Waals surface area contributed by atoms with Crippen molar-refractivity contribution in [3.8, 4) is 16.9 Å². The van der Waals surface area contributed by atoms with E-state index in [0.717, 1.165) is 34.5 Å². The molecule has 0 radical (unpaired) electrons. The van der Waals surface area contributed by atoms with E-state index in [2.05, 4.69) is 9.97 Å². The molecule has 1 N–H and O–H groups in total. The first kappa shape index (κ1) is 17.1. The van der Waals surface area contributed by atoms with Crippen molar-refractivity contribution in [2.75, 3.05) is 6.61 Å².